The largest absolute Gasteiger partial charge is 0.483 e. The Labute approximate surface area is 174 Å². The number of ether oxygens (including phenoxy) is 1. The van der Waals surface area contributed by atoms with Gasteiger partial charge in [-0.2, -0.15) is 0 Å². The summed E-state index contributed by atoms with van der Waals surface area (Å²) in [4.78, 5) is 27.1. The number of carbonyl (C=O) groups is 2. The molecule has 0 aliphatic rings. The molecule has 0 unspecified atom stereocenters. The van der Waals surface area contributed by atoms with E-state index in [0.29, 0.717) is 24.8 Å². The summed E-state index contributed by atoms with van der Waals surface area (Å²) in [5.41, 5.74) is 2.03. The van der Waals surface area contributed by atoms with Crippen LogP contribution in [0.3, 0.4) is 0 Å². The van der Waals surface area contributed by atoms with Crippen molar-refractivity contribution in [3.05, 3.63) is 65.7 Å². The van der Waals surface area contributed by atoms with Crippen molar-refractivity contribution in [2.45, 2.75) is 52.6 Å². The van der Waals surface area contributed by atoms with Crippen molar-refractivity contribution < 1.29 is 14.3 Å². The maximum absolute atomic E-state index is 13.0. The molecule has 2 aromatic rings. The number of para-hydroxylation sites is 1. The summed E-state index contributed by atoms with van der Waals surface area (Å²) in [5.74, 6) is 0.629. The Hall–Kier alpha value is -2.82. The van der Waals surface area contributed by atoms with Crippen molar-refractivity contribution in [3.63, 3.8) is 0 Å². The number of nitrogens with one attached hydrogen (secondary N) is 1. The Morgan fingerprint density at radius 2 is 1.66 bits per heavy atom. The van der Waals surface area contributed by atoms with E-state index in [1.54, 1.807) is 11.8 Å². The Kier molecular flexibility index (Phi) is 8.71. The molecule has 2 rings (SSSR count). The van der Waals surface area contributed by atoms with Gasteiger partial charge in [0, 0.05) is 13.1 Å². The molecule has 0 bridgehead atoms. The Balaban J connectivity index is 2.14. The molecule has 0 aliphatic heterocycles. The second-order valence-electron chi connectivity index (χ2n) is 7.46. The summed E-state index contributed by atoms with van der Waals surface area (Å²) in [6.07, 6.45) is 0.847. The van der Waals surface area contributed by atoms with Crippen LogP contribution in [-0.2, 0) is 16.1 Å². The summed E-state index contributed by atoms with van der Waals surface area (Å²) >= 11 is 0. The van der Waals surface area contributed by atoms with Crippen LogP contribution in [0, 0.1) is 0 Å². The van der Waals surface area contributed by atoms with Crippen LogP contribution in [0.2, 0.25) is 0 Å². The molecule has 5 nitrogen and oxygen atoms in total. The average Bonchev–Trinajstić information content (AvgIpc) is 2.74. The zero-order chi connectivity index (χ0) is 21.2. The molecule has 0 spiro atoms. The molecule has 5 heteroatoms. The van der Waals surface area contributed by atoms with Gasteiger partial charge in [0.1, 0.15) is 11.8 Å². The van der Waals surface area contributed by atoms with Gasteiger partial charge in [-0.15, -0.1) is 0 Å². The summed E-state index contributed by atoms with van der Waals surface area (Å²) in [6.45, 7) is 8.77. The van der Waals surface area contributed by atoms with Gasteiger partial charge in [0.15, 0.2) is 6.61 Å². The van der Waals surface area contributed by atoms with Gasteiger partial charge in [-0.25, -0.2) is 0 Å². The van der Waals surface area contributed by atoms with Crippen LogP contribution in [0.15, 0.2) is 54.6 Å². The second-order valence-corrected chi connectivity index (χ2v) is 7.46. The standard InChI is InChI=1S/C24H32N2O3/c1-5-15-25-24(28)19(4)26(16-20-11-7-6-8-12-20)23(27)17-29-22-14-10-9-13-21(22)18(2)3/h6-14,18-19H,5,15-17H2,1-4H3,(H,25,28)/t19-/m1/s1. The van der Waals surface area contributed by atoms with Crippen LogP contribution in [0.4, 0.5) is 0 Å². The third-order valence-corrected chi connectivity index (χ3v) is 4.80. The number of rotatable bonds is 10. The second kappa shape index (κ2) is 11.2. The summed E-state index contributed by atoms with van der Waals surface area (Å²) in [7, 11) is 0. The molecule has 29 heavy (non-hydrogen) atoms. The topological polar surface area (TPSA) is 58.6 Å². The minimum atomic E-state index is -0.585. The van der Waals surface area contributed by atoms with E-state index in [-0.39, 0.29) is 18.4 Å². The molecule has 0 saturated carbocycles. The molecule has 156 valence electrons. The highest BCUT2D eigenvalue weighted by atomic mass is 16.5. The first-order valence-electron chi connectivity index (χ1n) is 10.3. The Morgan fingerprint density at radius 3 is 2.31 bits per heavy atom. The van der Waals surface area contributed by atoms with E-state index >= 15 is 0 Å². The fraction of sp³-hybridized carbons (Fsp3) is 0.417. The van der Waals surface area contributed by atoms with Gasteiger partial charge in [0.2, 0.25) is 5.91 Å². The molecular formula is C24H32N2O3. The predicted octanol–water partition coefficient (Wildman–Crippen LogP) is 4.13. The van der Waals surface area contributed by atoms with Crippen LogP contribution < -0.4 is 10.1 Å². The Bertz CT molecular complexity index is 790. The van der Waals surface area contributed by atoms with Gasteiger partial charge in [0.25, 0.3) is 5.91 Å². The van der Waals surface area contributed by atoms with Gasteiger partial charge in [-0.3, -0.25) is 9.59 Å². The molecule has 0 heterocycles. The molecule has 2 amide bonds. The number of benzene rings is 2. The van der Waals surface area contributed by atoms with Crippen molar-refractivity contribution >= 4 is 11.8 Å². The van der Waals surface area contributed by atoms with Gasteiger partial charge in [0.05, 0.1) is 0 Å². The number of carbonyl (C=O) groups excluding carboxylic acids is 2. The lowest BCUT2D eigenvalue weighted by Gasteiger charge is -2.29. The summed E-state index contributed by atoms with van der Waals surface area (Å²) in [6, 6.07) is 16.8. The van der Waals surface area contributed by atoms with Crippen LogP contribution in [0.25, 0.3) is 0 Å². The summed E-state index contributed by atoms with van der Waals surface area (Å²) < 4.78 is 5.87. The minimum Gasteiger partial charge on any atom is -0.483 e. The van der Waals surface area contributed by atoms with E-state index in [4.69, 9.17) is 4.74 Å². The van der Waals surface area contributed by atoms with Gasteiger partial charge in [-0.05, 0) is 36.5 Å². The minimum absolute atomic E-state index is 0.109. The number of hydrogen-bond donors (Lipinski definition) is 1. The van der Waals surface area contributed by atoms with Crippen LogP contribution in [0.1, 0.15) is 51.2 Å². The first-order chi connectivity index (χ1) is 13.9. The fourth-order valence-corrected chi connectivity index (χ4v) is 3.07. The van der Waals surface area contributed by atoms with Crippen LogP contribution >= 0.6 is 0 Å². The van der Waals surface area contributed by atoms with Gasteiger partial charge < -0.3 is 15.0 Å². The van der Waals surface area contributed by atoms with Crippen molar-refractivity contribution in [2.75, 3.05) is 13.2 Å². The first-order valence-corrected chi connectivity index (χ1v) is 10.3. The number of amides is 2. The molecule has 0 aliphatic carbocycles. The SMILES string of the molecule is CCCNC(=O)[C@@H](C)N(Cc1ccccc1)C(=O)COc1ccccc1C(C)C. The van der Waals surface area contributed by atoms with E-state index in [1.807, 2.05) is 61.5 Å². The van der Waals surface area contributed by atoms with E-state index in [1.165, 1.54) is 0 Å². The molecule has 2 aromatic carbocycles. The highest BCUT2D eigenvalue weighted by Gasteiger charge is 2.26. The van der Waals surface area contributed by atoms with E-state index in [2.05, 4.69) is 19.2 Å². The average molecular weight is 397 g/mol. The zero-order valence-electron chi connectivity index (χ0n) is 17.9. The predicted molar refractivity (Wildman–Crippen MR) is 116 cm³/mol. The first kappa shape index (κ1) is 22.5. The third-order valence-electron chi connectivity index (χ3n) is 4.80. The molecule has 1 atom stereocenters. The van der Waals surface area contributed by atoms with Crippen molar-refractivity contribution in [2.24, 2.45) is 0 Å². The monoisotopic (exact) mass is 396 g/mol. The maximum Gasteiger partial charge on any atom is 0.261 e. The number of hydrogen-bond acceptors (Lipinski definition) is 3. The fourth-order valence-electron chi connectivity index (χ4n) is 3.07. The maximum atomic E-state index is 13.0. The van der Waals surface area contributed by atoms with Crippen LogP contribution in [-0.4, -0.2) is 35.9 Å². The molecular weight excluding hydrogens is 364 g/mol. The number of nitrogens with zero attached hydrogens (tertiary/aromatic N) is 1. The van der Waals surface area contributed by atoms with Crippen molar-refractivity contribution in [1.29, 1.82) is 0 Å². The molecule has 0 aromatic heterocycles. The van der Waals surface area contributed by atoms with Gasteiger partial charge >= 0.3 is 0 Å². The molecule has 0 fully saturated rings. The lowest BCUT2D eigenvalue weighted by molar-refractivity contribution is -0.142. The quantitative estimate of drug-likeness (QED) is 0.657. The zero-order valence-corrected chi connectivity index (χ0v) is 17.9. The van der Waals surface area contributed by atoms with Crippen LogP contribution in [0.5, 0.6) is 5.75 Å². The third kappa shape index (κ3) is 6.63. The van der Waals surface area contributed by atoms with Gasteiger partial charge in [-0.1, -0.05) is 69.3 Å². The molecule has 1 N–H and O–H groups in total. The molecule has 0 radical (unpaired) electrons. The highest BCUT2D eigenvalue weighted by Crippen LogP contribution is 2.26. The highest BCUT2D eigenvalue weighted by molar-refractivity contribution is 5.87. The lowest BCUT2D eigenvalue weighted by Crippen LogP contribution is -2.49. The summed E-state index contributed by atoms with van der Waals surface area (Å²) in [5, 5.41) is 2.88. The van der Waals surface area contributed by atoms with E-state index < -0.39 is 6.04 Å². The van der Waals surface area contributed by atoms with Crippen molar-refractivity contribution in [1.82, 2.24) is 10.2 Å². The lowest BCUT2D eigenvalue weighted by atomic mass is 10.0. The Morgan fingerprint density at radius 1 is 1.00 bits per heavy atom. The normalized spacial score (nSPS) is 11.8. The molecule has 0 saturated heterocycles. The smallest absolute Gasteiger partial charge is 0.261 e. The van der Waals surface area contributed by atoms with E-state index in [0.717, 1.165) is 17.5 Å². The van der Waals surface area contributed by atoms with Crippen molar-refractivity contribution in [3.8, 4) is 5.75 Å². The van der Waals surface area contributed by atoms with E-state index in [9.17, 15) is 9.59 Å².